The molecule has 0 aliphatic carbocycles. The highest BCUT2D eigenvalue weighted by Gasteiger charge is 2.34. The number of hydrogen-bond donors (Lipinski definition) is 0. The number of hydrogen-bond acceptors (Lipinski definition) is 5. The van der Waals surface area contributed by atoms with Gasteiger partial charge < -0.3 is 14.5 Å². The predicted octanol–water partition coefficient (Wildman–Crippen LogP) is 3.31. The molecule has 1 saturated heterocycles. The fourth-order valence-electron chi connectivity index (χ4n) is 4.63. The van der Waals surface area contributed by atoms with Gasteiger partial charge in [0.25, 0.3) is 5.91 Å². The van der Waals surface area contributed by atoms with Gasteiger partial charge in [-0.1, -0.05) is 36.7 Å². The quantitative estimate of drug-likeness (QED) is 0.628. The highest BCUT2D eigenvalue weighted by Crippen LogP contribution is 2.31. The van der Waals surface area contributed by atoms with E-state index in [-0.39, 0.29) is 17.8 Å². The Bertz CT molecular complexity index is 1070. The SMILES string of the molecule is CCC(=O)N1CCc2cc(C(=O)N3CCN(C(C(=O)OC)c4ccccc4Cl)CC3)ccc21. The van der Waals surface area contributed by atoms with E-state index in [1.165, 1.54) is 7.11 Å². The van der Waals surface area contributed by atoms with Crippen LogP contribution in [0.15, 0.2) is 42.5 Å². The Kier molecular flexibility index (Phi) is 7.00. The van der Waals surface area contributed by atoms with Crippen molar-refractivity contribution in [3.8, 4) is 0 Å². The second-order valence-corrected chi connectivity index (χ2v) is 8.68. The van der Waals surface area contributed by atoms with Gasteiger partial charge in [0, 0.05) is 55.4 Å². The van der Waals surface area contributed by atoms with E-state index in [0.29, 0.717) is 55.3 Å². The number of piperazine rings is 1. The van der Waals surface area contributed by atoms with Gasteiger partial charge >= 0.3 is 5.97 Å². The van der Waals surface area contributed by atoms with E-state index in [0.717, 1.165) is 17.7 Å². The number of rotatable bonds is 5. The van der Waals surface area contributed by atoms with E-state index >= 15 is 0 Å². The van der Waals surface area contributed by atoms with Crippen LogP contribution in [0.5, 0.6) is 0 Å². The Hall–Kier alpha value is -2.90. The van der Waals surface area contributed by atoms with Crippen LogP contribution in [0, 0.1) is 0 Å². The third-order valence-corrected chi connectivity index (χ3v) is 6.76. The zero-order valence-electron chi connectivity index (χ0n) is 18.9. The summed E-state index contributed by atoms with van der Waals surface area (Å²) < 4.78 is 5.05. The highest BCUT2D eigenvalue weighted by molar-refractivity contribution is 6.31. The van der Waals surface area contributed by atoms with Crippen LogP contribution in [0.25, 0.3) is 0 Å². The maximum absolute atomic E-state index is 13.2. The summed E-state index contributed by atoms with van der Waals surface area (Å²) in [5, 5.41) is 0.514. The average Bonchev–Trinajstić information content (AvgIpc) is 3.28. The van der Waals surface area contributed by atoms with Crippen molar-refractivity contribution >= 4 is 35.1 Å². The van der Waals surface area contributed by atoms with E-state index in [4.69, 9.17) is 16.3 Å². The Balaban J connectivity index is 1.45. The number of carbonyl (C=O) groups excluding carboxylic acids is 3. The van der Waals surface area contributed by atoms with Crippen molar-refractivity contribution in [3.63, 3.8) is 0 Å². The normalized spacial score (nSPS) is 16.9. The van der Waals surface area contributed by atoms with Gasteiger partial charge in [-0.3, -0.25) is 14.5 Å². The minimum absolute atomic E-state index is 0.0370. The molecule has 33 heavy (non-hydrogen) atoms. The van der Waals surface area contributed by atoms with Crippen molar-refractivity contribution in [1.29, 1.82) is 0 Å². The fourth-order valence-corrected chi connectivity index (χ4v) is 4.87. The molecule has 0 radical (unpaired) electrons. The molecule has 2 aliphatic heterocycles. The monoisotopic (exact) mass is 469 g/mol. The van der Waals surface area contributed by atoms with Crippen LogP contribution < -0.4 is 4.90 Å². The largest absolute Gasteiger partial charge is 0.468 e. The summed E-state index contributed by atoms with van der Waals surface area (Å²) in [4.78, 5) is 43.5. The predicted molar refractivity (Wildman–Crippen MR) is 126 cm³/mol. The Morgan fingerprint density at radius 2 is 1.76 bits per heavy atom. The summed E-state index contributed by atoms with van der Waals surface area (Å²) in [7, 11) is 1.37. The zero-order valence-corrected chi connectivity index (χ0v) is 19.7. The lowest BCUT2D eigenvalue weighted by Crippen LogP contribution is -2.51. The molecule has 1 fully saturated rings. The minimum Gasteiger partial charge on any atom is -0.468 e. The Labute approximate surface area is 198 Å². The summed E-state index contributed by atoms with van der Waals surface area (Å²) in [6, 6.07) is 12.2. The molecule has 4 rings (SSSR count). The highest BCUT2D eigenvalue weighted by atomic mass is 35.5. The van der Waals surface area contributed by atoms with Crippen LogP contribution in [0.4, 0.5) is 5.69 Å². The van der Waals surface area contributed by atoms with E-state index < -0.39 is 6.04 Å². The first kappa shape index (κ1) is 23.3. The van der Waals surface area contributed by atoms with Gasteiger partial charge in [0.2, 0.25) is 5.91 Å². The van der Waals surface area contributed by atoms with E-state index in [2.05, 4.69) is 0 Å². The number of methoxy groups -OCH3 is 1. The molecule has 174 valence electrons. The third kappa shape index (κ3) is 4.61. The van der Waals surface area contributed by atoms with Gasteiger partial charge in [0.1, 0.15) is 6.04 Å². The molecule has 1 atom stereocenters. The molecule has 0 aromatic heterocycles. The lowest BCUT2D eigenvalue weighted by molar-refractivity contribution is -0.148. The molecule has 0 saturated carbocycles. The van der Waals surface area contributed by atoms with Crippen molar-refractivity contribution in [3.05, 3.63) is 64.2 Å². The van der Waals surface area contributed by atoms with Crippen LogP contribution in [0.1, 0.15) is 40.9 Å². The number of halogens is 1. The van der Waals surface area contributed by atoms with Crippen molar-refractivity contribution < 1.29 is 19.1 Å². The first-order chi connectivity index (χ1) is 15.9. The van der Waals surface area contributed by atoms with Crippen molar-refractivity contribution in [1.82, 2.24) is 9.80 Å². The number of anilines is 1. The molecular weight excluding hydrogens is 442 g/mol. The second kappa shape index (κ2) is 9.93. The number of benzene rings is 2. The molecule has 2 heterocycles. The summed E-state index contributed by atoms with van der Waals surface area (Å²) in [5.74, 6) is -0.305. The molecule has 0 bridgehead atoms. The van der Waals surface area contributed by atoms with Crippen molar-refractivity contribution in [2.24, 2.45) is 0 Å². The first-order valence-electron chi connectivity index (χ1n) is 11.2. The lowest BCUT2D eigenvalue weighted by atomic mass is 10.0. The zero-order chi connectivity index (χ0) is 23.5. The van der Waals surface area contributed by atoms with Crippen molar-refractivity contribution in [2.45, 2.75) is 25.8 Å². The average molecular weight is 470 g/mol. The Morgan fingerprint density at radius 3 is 2.42 bits per heavy atom. The molecule has 7 nitrogen and oxygen atoms in total. The summed E-state index contributed by atoms with van der Waals surface area (Å²) >= 11 is 6.36. The number of carbonyl (C=O) groups is 3. The van der Waals surface area contributed by atoms with E-state index in [9.17, 15) is 14.4 Å². The number of amides is 2. The van der Waals surface area contributed by atoms with Crippen LogP contribution in [0.3, 0.4) is 0 Å². The number of ether oxygens (including phenoxy) is 1. The molecule has 8 heteroatoms. The molecule has 2 aliphatic rings. The van der Waals surface area contributed by atoms with Gasteiger partial charge in [-0.05, 0) is 41.8 Å². The maximum Gasteiger partial charge on any atom is 0.327 e. The van der Waals surface area contributed by atoms with Gasteiger partial charge in [0.15, 0.2) is 0 Å². The molecule has 0 N–H and O–H groups in total. The fraction of sp³-hybridized carbons (Fsp3) is 0.400. The van der Waals surface area contributed by atoms with Crippen LogP contribution in [0.2, 0.25) is 5.02 Å². The molecule has 2 amide bonds. The van der Waals surface area contributed by atoms with Gasteiger partial charge in [-0.2, -0.15) is 0 Å². The van der Waals surface area contributed by atoms with E-state index in [1.807, 2.05) is 47.1 Å². The van der Waals surface area contributed by atoms with Crippen LogP contribution in [-0.2, 0) is 20.7 Å². The van der Waals surface area contributed by atoms with E-state index in [1.54, 1.807) is 17.0 Å². The Morgan fingerprint density at radius 1 is 1.03 bits per heavy atom. The lowest BCUT2D eigenvalue weighted by Gasteiger charge is -2.38. The van der Waals surface area contributed by atoms with Crippen LogP contribution >= 0.6 is 11.6 Å². The molecular formula is C25H28ClN3O4. The topological polar surface area (TPSA) is 70.2 Å². The minimum atomic E-state index is -0.608. The number of esters is 1. The van der Waals surface area contributed by atoms with Crippen LogP contribution in [-0.4, -0.2) is 67.4 Å². The summed E-state index contributed by atoms with van der Waals surface area (Å²) in [5.41, 5.74) is 3.27. The summed E-state index contributed by atoms with van der Waals surface area (Å²) in [6.07, 6.45) is 1.22. The standard InChI is InChI=1S/C25H28ClN3O4/c1-3-22(30)29-11-10-17-16-18(8-9-21(17)29)24(31)28-14-12-27(13-15-28)23(25(32)33-2)19-6-4-5-7-20(19)26/h4-9,16,23H,3,10-15H2,1-2H3. The van der Waals surface area contributed by atoms with Gasteiger partial charge in [-0.25, -0.2) is 4.79 Å². The smallest absolute Gasteiger partial charge is 0.327 e. The molecule has 2 aromatic rings. The van der Waals surface area contributed by atoms with Gasteiger partial charge in [-0.15, -0.1) is 0 Å². The summed E-state index contributed by atoms with van der Waals surface area (Å²) in [6.45, 7) is 4.56. The number of fused-ring (bicyclic) bond motifs is 1. The second-order valence-electron chi connectivity index (χ2n) is 8.27. The first-order valence-corrected chi connectivity index (χ1v) is 11.6. The molecule has 0 spiro atoms. The number of nitrogens with zero attached hydrogens (tertiary/aromatic N) is 3. The maximum atomic E-state index is 13.2. The van der Waals surface area contributed by atoms with Gasteiger partial charge in [0.05, 0.1) is 7.11 Å². The molecule has 2 aromatic carbocycles. The van der Waals surface area contributed by atoms with Crippen molar-refractivity contribution in [2.75, 3.05) is 44.7 Å². The molecule has 1 unspecified atom stereocenters. The third-order valence-electron chi connectivity index (χ3n) is 6.42.